The Bertz CT molecular complexity index is 1140. The molecular formula is C23H27N5O3S2. The number of carbonyl (C=O) groups is 1. The number of hydrogen-bond acceptors (Lipinski definition) is 7. The molecule has 33 heavy (non-hydrogen) atoms. The van der Waals surface area contributed by atoms with Gasteiger partial charge < -0.3 is 5.32 Å². The summed E-state index contributed by atoms with van der Waals surface area (Å²) in [6.07, 6.45) is 0. The van der Waals surface area contributed by atoms with Crippen molar-refractivity contribution in [3.05, 3.63) is 71.8 Å². The Kier molecular flexibility index (Phi) is 7.18. The van der Waals surface area contributed by atoms with Gasteiger partial charge in [0.2, 0.25) is 15.4 Å². The lowest BCUT2D eigenvalue weighted by Crippen LogP contribution is -2.49. The molecule has 1 amide bonds. The van der Waals surface area contributed by atoms with Crippen LogP contribution in [0.3, 0.4) is 0 Å². The Labute approximate surface area is 198 Å². The van der Waals surface area contributed by atoms with E-state index in [0.717, 1.165) is 11.3 Å². The molecule has 1 aromatic heterocycles. The lowest BCUT2D eigenvalue weighted by atomic mass is 9.96. The fourth-order valence-electron chi connectivity index (χ4n) is 3.81. The van der Waals surface area contributed by atoms with Crippen LogP contribution >= 0.6 is 11.3 Å². The van der Waals surface area contributed by atoms with Crippen molar-refractivity contribution in [1.29, 1.82) is 0 Å². The second-order valence-corrected chi connectivity index (χ2v) is 11.3. The average molecular weight is 486 g/mol. The van der Waals surface area contributed by atoms with Crippen molar-refractivity contribution in [2.45, 2.75) is 24.2 Å². The summed E-state index contributed by atoms with van der Waals surface area (Å²) in [7, 11) is -3.78. The van der Waals surface area contributed by atoms with E-state index in [9.17, 15) is 13.2 Å². The van der Waals surface area contributed by atoms with Gasteiger partial charge in [0.1, 0.15) is 0 Å². The molecule has 0 spiro atoms. The van der Waals surface area contributed by atoms with Gasteiger partial charge in [-0.1, -0.05) is 85.8 Å². The molecule has 174 valence electrons. The van der Waals surface area contributed by atoms with E-state index in [1.165, 1.54) is 15.4 Å². The number of sulfonamides is 1. The fourth-order valence-corrected chi connectivity index (χ4v) is 6.28. The van der Waals surface area contributed by atoms with Crippen LogP contribution in [-0.4, -0.2) is 59.9 Å². The number of nitrogens with zero attached hydrogens (tertiary/aromatic N) is 4. The van der Waals surface area contributed by atoms with Gasteiger partial charge in [0.05, 0.1) is 6.04 Å². The van der Waals surface area contributed by atoms with E-state index in [1.54, 1.807) is 13.8 Å². The topological polar surface area (TPSA) is 95.5 Å². The Morgan fingerprint density at radius 3 is 1.97 bits per heavy atom. The first-order valence-electron chi connectivity index (χ1n) is 10.8. The van der Waals surface area contributed by atoms with Crippen LogP contribution in [0.15, 0.2) is 65.0 Å². The molecule has 2 aromatic carbocycles. The van der Waals surface area contributed by atoms with Gasteiger partial charge in [0.15, 0.2) is 0 Å². The van der Waals surface area contributed by atoms with Crippen LogP contribution in [0.2, 0.25) is 0 Å². The maximum Gasteiger partial charge on any atom is 0.272 e. The summed E-state index contributed by atoms with van der Waals surface area (Å²) in [5, 5.41) is 10.5. The quantitative estimate of drug-likeness (QED) is 0.516. The zero-order valence-electron chi connectivity index (χ0n) is 18.6. The van der Waals surface area contributed by atoms with Crippen LogP contribution in [0, 0.1) is 5.92 Å². The first-order chi connectivity index (χ1) is 15.9. The molecule has 0 bridgehead atoms. The van der Waals surface area contributed by atoms with Crippen molar-refractivity contribution in [2.75, 3.05) is 31.5 Å². The van der Waals surface area contributed by atoms with Gasteiger partial charge in [-0.2, -0.15) is 4.31 Å². The maximum atomic E-state index is 13.1. The molecule has 1 aliphatic heterocycles. The third kappa shape index (κ3) is 5.30. The van der Waals surface area contributed by atoms with E-state index in [4.69, 9.17) is 0 Å². The minimum atomic E-state index is -3.78. The van der Waals surface area contributed by atoms with E-state index in [2.05, 4.69) is 44.7 Å². The Balaban J connectivity index is 1.48. The number of carbonyl (C=O) groups excluding carboxylic acids is 1. The Hall–Kier alpha value is -2.66. The van der Waals surface area contributed by atoms with Crippen LogP contribution in [0.1, 0.15) is 31.0 Å². The standard InChI is InChI=1S/C23H27N5O3S2/c1-17(2)21(29)24-22-25-26-23(32-22)33(30,31)28-15-13-27(14-16-28)20(18-9-5-3-6-10-18)19-11-7-4-8-12-19/h3-12,17,20H,13-16H2,1-2H3,(H,24,25,29). The SMILES string of the molecule is CC(C)C(=O)Nc1nnc(S(=O)(=O)N2CCN(C(c3ccccc3)c3ccccc3)CC2)s1. The van der Waals surface area contributed by atoms with Crippen molar-refractivity contribution < 1.29 is 13.2 Å². The molecule has 0 saturated carbocycles. The zero-order chi connectivity index (χ0) is 23.4. The summed E-state index contributed by atoms with van der Waals surface area (Å²) in [6.45, 7) is 5.39. The third-order valence-corrected chi connectivity index (χ3v) is 8.67. The smallest absolute Gasteiger partial charge is 0.272 e. The van der Waals surface area contributed by atoms with E-state index in [0.29, 0.717) is 26.2 Å². The average Bonchev–Trinajstić information content (AvgIpc) is 3.30. The predicted octanol–water partition coefficient (Wildman–Crippen LogP) is 3.23. The van der Waals surface area contributed by atoms with Gasteiger partial charge in [0, 0.05) is 32.1 Å². The van der Waals surface area contributed by atoms with Gasteiger partial charge in [0.25, 0.3) is 10.0 Å². The van der Waals surface area contributed by atoms with Gasteiger partial charge >= 0.3 is 0 Å². The molecular weight excluding hydrogens is 458 g/mol. The van der Waals surface area contributed by atoms with Gasteiger partial charge in [-0.05, 0) is 11.1 Å². The van der Waals surface area contributed by atoms with Crippen LogP contribution in [0.5, 0.6) is 0 Å². The highest BCUT2D eigenvalue weighted by atomic mass is 32.2. The van der Waals surface area contributed by atoms with Crippen molar-refractivity contribution in [1.82, 2.24) is 19.4 Å². The van der Waals surface area contributed by atoms with Crippen molar-refractivity contribution in [3.63, 3.8) is 0 Å². The molecule has 0 unspecified atom stereocenters. The summed E-state index contributed by atoms with van der Waals surface area (Å²) in [5.41, 5.74) is 2.35. The Morgan fingerprint density at radius 1 is 0.909 bits per heavy atom. The highest BCUT2D eigenvalue weighted by Gasteiger charge is 2.34. The molecule has 3 aromatic rings. The monoisotopic (exact) mass is 485 g/mol. The number of piperazine rings is 1. The highest BCUT2D eigenvalue weighted by Crippen LogP contribution is 2.31. The van der Waals surface area contributed by atoms with E-state index >= 15 is 0 Å². The molecule has 2 heterocycles. The number of nitrogens with one attached hydrogen (secondary N) is 1. The molecule has 10 heteroatoms. The molecule has 1 N–H and O–H groups in total. The first-order valence-corrected chi connectivity index (χ1v) is 13.1. The van der Waals surface area contributed by atoms with E-state index < -0.39 is 10.0 Å². The number of anilines is 1. The summed E-state index contributed by atoms with van der Waals surface area (Å²) in [4.78, 5) is 14.2. The zero-order valence-corrected chi connectivity index (χ0v) is 20.2. The number of rotatable bonds is 7. The molecule has 0 aliphatic carbocycles. The molecule has 1 aliphatic rings. The Morgan fingerprint density at radius 2 is 1.45 bits per heavy atom. The third-order valence-electron chi connectivity index (χ3n) is 5.59. The number of hydrogen-bond donors (Lipinski definition) is 1. The lowest BCUT2D eigenvalue weighted by Gasteiger charge is -2.38. The van der Waals surface area contributed by atoms with Crippen LogP contribution < -0.4 is 5.32 Å². The second kappa shape index (κ2) is 10.1. The number of aromatic nitrogens is 2. The maximum absolute atomic E-state index is 13.1. The van der Waals surface area contributed by atoms with Crippen molar-refractivity contribution >= 4 is 32.4 Å². The lowest BCUT2D eigenvalue weighted by molar-refractivity contribution is -0.118. The minimum absolute atomic E-state index is 0.0524. The molecule has 1 saturated heterocycles. The summed E-state index contributed by atoms with van der Waals surface area (Å²) >= 11 is 0.883. The van der Waals surface area contributed by atoms with Crippen molar-refractivity contribution in [2.24, 2.45) is 5.92 Å². The first kappa shape index (κ1) is 23.5. The molecule has 1 fully saturated rings. The van der Waals surface area contributed by atoms with Gasteiger partial charge in [-0.15, -0.1) is 10.2 Å². The predicted molar refractivity (Wildman–Crippen MR) is 128 cm³/mol. The molecule has 8 nitrogen and oxygen atoms in total. The fraction of sp³-hybridized carbons (Fsp3) is 0.348. The molecule has 0 radical (unpaired) electrons. The summed E-state index contributed by atoms with van der Waals surface area (Å²) in [5.74, 6) is -0.458. The van der Waals surface area contributed by atoms with E-state index in [-0.39, 0.29) is 27.3 Å². The van der Waals surface area contributed by atoms with E-state index in [1.807, 2.05) is 36.4 Å². The van der Waals surface area contributed by atoms with Crippen LogP contribution in [0.4, 0.5) is 5.13 Å². The number of amides is 1. The van der Waals surface area contributed by atoms with Gasteiger partial charge in [-0.3, -0.25) is 9.69 Å². The second-order valence-electron chi connectivity index (χ2n) is 8.18. The van der Waals surface area contributed by atoms with Gasteiger partial charge in [-0.25, -0.2) is 8.42 Å². The summed E-state index contributed by atoms with van der Waals surface area (Å²) in [6, 6.07) is 20.6. The largest absolute Gasteiger partial charge is 0.300 e. The minimum Gasteiger partial charge on any atom is -0.300 e. The molecule has 4 rings (SSSR count). The molecule has 0 atom stereocenters. The highest BCUT2D eigenvalue weighted by molar-refractivity contribution is 7.91. The van der Waals surface area contributed by atoms with Crippen molar-refractivity contribution in [3.8, 4) is 0 Å². The summed E-state index contributed by atoms with van der Waals surface area (Å²) < 4.78 is 27.6. The van der Waals surface area contributed by atoms with Crippen LogP contribution in [0.25, 0.3) is 0 Å². The number of benzene rings is 2. The van der Waals surface area contributed by atoms with Crippen LogP contribution in [-0.2, 0) is 14.8 Å². The normalized spacial score (nSPS) is 15.8.